The molecule has 36 heavy (non-hydrogen) atoms. The molecule has 7 nitrogen and oxygen atoms in total. The van der Waals surface area contributed by atoms with Gasteiger partial charge in [-0.25, -0.2) is 4.98 Å². The molecule has 0 spiro atoms. The standard InChI is InChI=1S/C29H37N3O4/c1-20(35)29-31-12-13-32(29)27(18-33)11-4-21-2-5-23(6-3-21)24-7-9-25(10-8-24)26-14-22(15-26)16-30-17-28(36)19-34/h2-13,20,22,26-28,30,33-36H,14-19H2,1H3/b11-4+/t20-,22?,26?,27?,28?/m0/s1. The number of imidazole rings is 1. The van der Waals surface area contributed by atoms with Crippen molar-refractivity contribution in [3.63, 3.8) is 0 Å². The lowest BCUT2D eigenvalue weighted by atomic mass is 9.71. The number of aromatic nitrogens is 2. The molecule has 1 aliphatic rings. The number of hydrogen-bond donors (Lipinski definition) is 5. The van der Waals surface area contributed by atoms with Crippen molar-refractivity contribution in [2.45, 2.75) is 43.9 Å². The van der Waals surface area contributed by atoms with Gasteiger partial charge >= 0.3 is 0 Å². The lowest BCUT2D eigenvalue weighted by molar-refractivity contribution is 0.0917. The van der Waals surface area contributed by atoms with Gasteiger partial charge in [-0.2, -0.15) is 0 Å². The lowest BCUT2D eigenvalue weighted by Crippen LogP contribution is -2.36. The zero-order valence-corrected chi connectivity index (χ0v) is 20.7. The maximum absolute atomic E-state index is 9.89. The van der Waals surface area contributed by atoms with E-state index in [1.807, 2.05) is 12.2 Å². The predicted octanol–water partition coefficient (Wildman–Crippen LogP) is 3.29. The minimum Gasteiger partial charge on any atom is -0.394 e. The molecule has 3 atom stereocenters. The Bertz CT molecular complexity index is 1100. The van der Waals surface area contributed by atoms with Crippen LogP contribution in [0.15, 0.2) is 67.0 Å². The molecule has 0 radical (unpaired) electrons. The topological polar surface area (TPSA) is 111 Å². The number of hydrogen-bond acceptors (Lipinski definition) is 6. The van der Waals surface area contributed by atoms with Crippen molar-refractivity contribution in [3.8, 4) is 11.1 Å². The van der Waals surface area contributed by atoms with E-state index in [1.165, 1.54) is 11.1 Å². The Hall–Kier alpha value is -2.81. The van der Waals surface area contributed by atoms with Crippen LogP contribution in [0.2, 0.25) is 0 Å². The van der Waals surface area contributed by atoms with Gasteiger partial charge in [0.25, 0.3) is 0 Å². The van der Waals surface area contributed by atoms with Crippen LogP contribution < -0.4 is 5.32 Å². The van der Waals surface area contributed by atoms with Crippen LogP contribution in [0.3, 0.4) is 0 Å². The first-order valence-corrected chi connectivity index (χ1v) is 12.7. The second-order valence-electron chi connectivity index (χ2n) is 9.75. The van der Waals surface area contributed by atoms with E-state index < -0.39 is 12.2 Å². The highest BCUT2D eigenvalue weighted by atomic mass is 16.3. The fraction of sp³-hybridized carbons (Fsp3) is 0.414. The van der Waals surface area contributed by atoms with E-state index in [9.17, 15) is 15.3 Å². The molecular weight excluding hydrogens is 454 g/mol. The monoisotopic (exact) mass is 491 g/mol. The third-order valence-electron chi connectivity index (χ3n) is 7.01. The van der Waals surface area contributed by atoms with Gasteiger partial charge < -0.3 is 30.3 Å². The molecule has 1 aliphatic carbocycles. The molecule has 1 heterocycles. The molecular formula is C29H37N3O4. The summed E-state index contributed by atoms with van der Waals surface area (Å²) in [7, 11) is 0. The van der Waals surface area contributed by atoms with Crippen LogP contribution in [0.25, 0.3) is 17.2 Å². The fourth-order valence-electron chi connectivity index (χ4n) is 4.82. The van der Waals surface area contributed by atoms with E-state index in [0.717, 1.165) is 30.5 Å². The Morgan fingerprint density at radius 1 is 1.00 bits per heavy atom. The maximum atomic E-state index is 9.89. The molecule has 7 heteroatoms. The van der Waals surface area contributed by atoms with Gasteiger partial charge in [0.15, 0.2) is 0 Å². The summed E-state index contributed by atoms with van der Waals surface area (Å²) in [5, 5.41) is 41.3. The Kier molecular flexibility index (Phi) is 9.07. The number of benzene rings is 2. The van der Waals surface area contributed by atoms with E-state index >= 15 is 0 Å². The average molecular weight is 492 g/mol. The molecule has 2 unspecified atom stereocenters. The first-order chi connectivity index (χ1) is 17.5. The molecule has 4 rings (SSSR count). The summed E-state index contributed by atoms with van der Waals surface area (Å²) < 4.78 is 1.79. The summed E-state index contributed by atoms with van der Waals surface area (Å²) in [5.41, 5.74) is 4.74. The molecule has 0 saturated heterocycles. The number of nitrogens with one attached hydrogen (secondary N) is 1. The third-order valence-corrected chi connectivity index (χ3v) is 7.01. The Morgan fingerprint density at radius 2 is 1.67 bits per heavy atom. The van der Waals surface area contributed by atoms with Crippen molar-refractivity contribution >= 4 is 6.08 Å². The second kappa shape index (κ2) is 12.4. The van der Waals surface area contributed by atoms with Crippen LogP contribution in [0.4, 0.5) is 0 Å². The molecule has 1 saturated carbocycles. The molecule has 0 bridgehead atoms. The van der Waals surface area contributed by atoms with Crippen LogP contribution in [0.5, 0.6) is 0 Å². The van der Waals surface area contributed by atoms with Crippen LogP contribution in [0, 0.1) is 5.92 Å². The van der Waals surface area contributed by atoms with Crippen LogP contribution >= 0.6 is 0 Å². The van der Waals surface area contributed by atoms with Gasteiger partial charge in [-0.05, 0) is 60.4 Å². The van der Waals surface area contributed by atoms with Gasteiger partial charge in [-0.15, -0.1) is 0 Å². The highest BCUT2D eigenvalue weighted by molar-refractivity contribution is 5.66. The summed E-state index contributed by atoms with van der Waals surface area (Å²) in [6.07, 6.45) is 8.22. The van der Waals surface area contributed by atoms with Crippen LogP contribution in [0.1, 0.15) is 54.8 Å². The van der Waals surface area contributed by atoms with Crippen LogP contribution in [-0.2, 0) is 0 Å². The highest BCUT2D eigenvalue weighted by Gasteiger charge is 2.29. The molecule has 1 aromatic heterocycles. The predicted molar refractivity (Wildman–Crippen MR) is 141 cm³/mol. The maximum Gasteiger partial charge on any atom is 0.137 e. The number of aliphatic hydroxyl groups excluding tert-OH is 4. The van der Waals surface area contributed by atoms with Crippen LogP contribution in [-0.4, -0.2) is 62.4 Å². The summed E-state index contributed by atoms with van der Waals surface area (Å²) >= 11 is 0. The third kappa shape index (κ3) is 6.49. The molecule has 0 aliphatic heterocycles. The fourth-order valence-corrected chi connectivity index (χ4v) is 4.82. The van der Waals surface area contributed by atoms with Gasteiger partial charge in [0.2, 0.25) is 0 Å². The van der Waals surface area contributed by atoms with Crippen molar-refractivity contribution in [2.24, 2.45) is 5.92 Å². The summed E-state index contributed by atoms with van der Waals surface area (Å²) in [4.78, 5) is 4.18. The molecule has 0 amide bonds. The van der Waals surface area contributed by atoms with Gasteiger partial charge in [0, 0.05) is 18.9 Å². The minimum atomic E-state index is -0.701. The zero-order chi connectivity index (χ0) is 25.5. The van der Waals surface area contributed by atoms with E-state index in [-0.39, 0.29) is 19.3 Å². The van der Waals surface area contributed by atoms with Crippen molar-refractivity contribution in [1.29, 1.82) is 0 Å². The second-order valence-corrected chi connectivity index (χ2v) is 9.75. The first kappa shape index (κ1) is 26.3. The Balaban J connectivity index is 1.31. The van der Waals surface area contributed by atoms with Gasteiger partial charge in [-0.3, -0.25) is 0 Å². The van der Waals surface area contributed by atoms with Gasteiger partial charge in [0.05, 0.1) is 25.4 Å². The van der Waals surface area contributed by atoms with E-state index in [4.69, 9.17) is 5.11 Å². The zero-order valence-electron chi connectivity index (χ0n) is 20.7. The van der Waals surface area contributed by atoms with Crippen molar-refractivity contribution in [2.75, 3.05) is 26.3 Å². The largest absolute Gasteiger partial charge is 0.394 e. The van der Waals surface area contributed by atoms with Crippen molar-refractivity contribution < 1.29 is 20.4 Å². The summed E-state index contributed by atoms with van der Waals surface area (Å²) in [5.74, 6) is 1.74. The van der Waals surface area contributed by atoms with Gasteiger partial charge in [0.1, 0.15) is 11.9 Å². The SMILES string of the molecule is C[C@H](O)c1nccn1C(/C=C/c1ccc(-c2ccc(C3CC(CNCC(O)CO)C3)cc2)cc1)CO. The molecule has 2 aromatic carbocycles. The smallest absolute Gasteiger partial charge is 0.137 e. The van der Waals surface area contributed by atoms with E-state index in [0.29, 0.717) is 24.2 Å². The Labute approximate surface area is 212 Å². The van der Waals surface area contributed by atoms with E-state index in [1.54, 1.807) is 23.9 Å². The normalized spacial score (nSPS) is 20.2. The van der Waals surface area contributed by atoms with E-state index in [2.05, 4.69) is 58.8 Å². The number of rotatable bonds is 12. The lowest BCUT2D eigenvalue weighted by Gasteiger charge is -2.36. The Morgan fingerprint density at radius 3 is 2.28 bits per heavy atom. The summed E-state index contributed by atoms with van der Waals surface area (Å²) in [6, 6.07) is 16.9. The summed E-state index contributed by atoms with van der Waals surface area (Å²) in [6.45, 7) is 2.71. The number of nitrogens with zero attached hydrogens (tertiary/aromatic N) is 2. The minimum absolute atomic E-state index is 0.0812. The molecule has 5 N–H and O–H groups in total. The molecule has 192 valence electrons. The highest BCUT2D eigenvalue weighted by Crippen LogP contribution is 2.41. The first-order valence-electron chi connectivity index (χ1n) is 12.7. The molecule has 1 fully saturated rings. The van der Waals surface area contributed by atoms with Gasteiger partial charge in [-0.1, -0.05) is 60.7 Å². The van der Waals surface area contributed by atoms with Crippen molar-refractivity contribution in [3.05, 3.63) is 84.0 Å². The number of aliphatic hydroxyl groups is 4. The quantitative estimate of drug-likeness (QED) is 0.266. The van der Waals surface area contributed by atoms with Crippen molar-refractivity contribution in [1.82, 2.24) is 14.9 Å². The molecule has 3 aromatic rings. The average Bonchev–Trinajstić information content (AvgIpc) is 3.36.